The van der Waals surface area contributed by atoms with E-state index in [0.717, 1.165) is 25.0 Å². The number of benzene rings is 1. The van der Waals surface area contributed by atoms with E-state index in [-0.39, 0.29) is 45.7 Å². The molecule has 3 aliphatic rings. The number of hydrogen-bond donors (Lipinski definition) is 2. The first-order chi connectivity index (χ1) is 16.3. The van der Waals surface area contributed by atoms with Crippen LogP contribution in [0.2, 0.25) is 5.02 Å². The standard InChI is InChI=1S/C24H25ClF2N4O3/c25-15-10-16(26)17(27)11-18(15)31-8-7-24(23(31)34)5-3-14(4-6-24)30-22(33)21-20(28-12-29-21)19(32)9-13-1-2-13/h10-14H,1-9H2,(H,28,29)(H,30,33). The molecule has 5 rings (SSSR count). The largest absolute Gasteiger partial charge is 0.348 e. The summed E-state index contributed by atoms with van der Waals surface area (Å²) >= 11 is 6.09. The van der Waals surface area contributed by atoms with Crippen molar-refractivity contribution in [3.8, 4) is 0 Å². The number of aromatic amines is 1. The minimum atomic E-state index is -1.05. The van der Waals surface area contributed by atoms with Gasteiger partial charge in [0.05, 0.1) is 22.5 Å². The van der Waals surface area contributed by atoms with E-state index >= 15 is 0 Å². The van der Waals surface area contributed by atoms with E-state index in [2.05, 4.69) is 15.3 Å². The number of hydrogen-bond acceptors (Lipinski definition) is 4. The molecule has 2 amide bonds. The number of carbonyl (C=O) groups is 3. The molecule has 1 aliphatic heterocycles. The number of Topliss-reactive ketones (excluding diaryl/α,β-unsaturated/α-hetero) is 1. The van der Waals surface area contributed by atoms with Crippen molar-refractivity contribution in [2.45, 2.75) is 57.4 Å². The maximum absolute atomic E-state index is 13.8. The van der Waals surface area contributed by atoms with Crippen molar-refractivity contribution in [3.05, 3.63) is 46.5 Å². The monoisotopic (exact) mass is 490 g/mol. The second-order valence-corrected chi connectivity index (χ2v) is 10.1. The molecule has 0 atom stereocenters. The summed E-state index contributed by atoms with van der Waals surface area (Å²) in [5.74, 6) is -2.34. The number of H-pyrrole nitrogens is 1. The maximum atomic E-state index is 13.8. The minimum Gasteiger partial charge on any atom is -0.348 e. The SMILES string of the molecule is O=C(CC1CC1)c1nc[nH]c1C(=O)NC1CCC2(CC1)CCN(c1cc(F)c(F)cc1Cl)C2=O. The Labute approximate surface area is 200 Å². The number of rotatable bonds is 6. The van der Waals surface area contributed by atoms with Gasteiger partial charge in [-0.3, -0.25) is 14.4 Å². The van der Waals surface area contributed by atoms with Crippen LogP contribution >= 0.6 is 11.6 Å². The molecule has 7 nitrogen and oxygen atoms in total. The summed E-state index contributed by atoms with van der Waals surface area (Å²) in [5, 5.41) is 2.97. The van der Waals surface area contributed by atoms with Gasteiger partial charge in [0.25, 0.3) is 5.91 Å². The van der Waals surface area contributed by atoms with Crippen LogP contribution in [0.3, 0.4) is 0 Å². The number of carbonyl (C=O) groups excluding carboxylic acids is 3. The van der Waals surface area contributed by atoms with Gasteiger partial charge in [0.15, 0.2) is 17.4 Å². The van der Waals surface area contributed by atoms with Crippen molar-refractivity contribution < 1.29 is 23.2 Å². The first-order valence-electron chi connectivity index (χ1n) is 11.6. The van der Waals surface area contributed by atoms with Gasteiger partial charge in [0.2, 0.25) is 5.91 Å². The zero-order valence-corrected chi connectivity index (χ0v) is 19.3. The van der Waals surface area contributed by atoms with Gasteiger partial charge in [-0.15, -0.1) is 0 Å². The quantitative estimate of drug-likeness (QED) is 0.463. The van der Waals surface area contributed by atoms with Crippen LogP contribution in [0.25, 0.3) is 0 Å². The van der Waals surface area contributed by atoms with E-state index < -0.39 is 17.0 Å². The van der Waals surface area contributed by atoms with Crippen LogP contribution in [0.1, 0.15) is 72.3 Å². The third kappa shape index (κ3) is 4.21. The molecule has 34 heavy (non-hydrogen) atoms. The number of imidazole rings is 1. The molecule has 2 N–H and O–H groups in total. The van der Waals surface area contributed by atoms with Gasteiger partial charge in [0.1, 0.15) is 11.4 Å². The van der Waals surface area contributed by atoms with E-state index in [1.807, 2.05) is 0 Å². The number of amides is 2. The van der Waals surface area contributed by atoms with Crippen LogP contribution in [0.4, 0.5) is 14.5 Å². The van der Waals surface area contributed by atoms with Gasteiger partial charge in [-0.1, -0.05) is 11.6 Å². The van der Waals surface area contributed by atoms with Gasteiger partial charge in [0, 0.05) is 25.1 Å². The average Bonchev–Trinajstić information content (AvgIpc) is 3.38. The Morgan fingerprint density at radius 2 is 1.85 bits per heavy atom. The highest BCUT2D eigenvalue weighted by Crippen LogP contribution is 2.47. The molecule has 2 aliphatic carbocycles. The molecule has 2 saturated carbocycles. The molecule has 0 radical (unpaired) electrons. The maximum Gasteiger partial charge on any atom is 0.270 e. The lowest BCUT2D eigenvalue weighted by molar-refractivity contribution is -0.127. The van der Waals surface area contributed by atoms with Crippen molar-refractivity contribution in [2.75, 3.05) is 11.4 Å². The van der Waals surface area contributed by atoms with Crippen LogP contribution in [0.15, 0.2) is 18.5 Å². The lowest BCUT2D eigenvalue weighted by Crippen LogP contribution is -2.44. The number of halogens is 3. The summed E-state index contributed by atoms with van der Waals surface area (Å²) in [6.45, 7) is 0.376. The summed E-state index contributed by atoms with van der Waals surface area (Å²) in [5.41, 5.74) is -0.0568. The molecule has 1 aromatic heterocycles. The summed E-state index contributed by atoms with van der Waals surface area (Å²) in [7, 11) is 0. The highest BCUT2D eigenvalue weighted by atomic mass is 35.5. The molecular formula is C24H25ClF2N4O3. The van der Waals surface area contributed by atoms with Gasteiger partial charge >= 0.3 is 0 Å². The normalized spacial score (nSPS) is 24.6. The number of ketones is 1. The third-order valence-electron chi connectivity index (χ3n) is 7.37. The molecule has 2 aromatic rings. The van der Waals surface area contributed by atoms with E-state index in [1.165, 1.54) is 11.2 Å². The van der Waals surface area contributed by atoms with Gasteiger partial charge < -0.3 is 15.2 Å². The minimum absolute atomic E-state index is 0.00292. The van der Waals surface area contributed by atoms with Crippen LogP contribution in [0, 0.1) is 23.0 Å². The van der Waals surface area contributed by atoms with Crippen LogP contribution in [0.5, 0.6) is 0 Å². The molecule has 1 aromatic carbocycles. The topological polar surface area (TPSA) is 95.2 Å². The average molecular weight is 491 g/mol. The molecule has 0 unspecified atom stereocenters. The van der Waals surface area contributed by atoms with Crippen molar-refractivity contribution in [1.82, 2.24) is 15.3 Å². The third-order valence-corrected chi connectivity index (χ3v) is 7.68. The number of anilines is 1. The summed E-state index contributed by atoms with van der Waals surface area (Å²) in [4.78, 5) is 46.8. The van der Waals surface area contributed by atoms with Crippen molar-refractivity contribution in [2.24, 2.45) is 11.3 Å². The van der Waals surface area contributed by atoms with Crippen LogP contribution < -0.4 is 10.2 Å². The molecule has 3 fully saturated rings. The lowest BCUT2D eigenvalue weighted by atomic mass is 9.71. The Morgan fingerprint density at radius 3 is 2.56 bits per heavy atom. The van der Waals surface area contributed by atoms with Crippen LogP contribution in [-0.2, 0) is 4.79 Å². The van der Waals surface area contributed by atoms with Crippen molar-refractivity contribution in [3.63, 3.8) is 0 Å². The molecule has 180 valence electrons. The fourth-order valence-corrected chi connectivity index (χ4v) is 5.42. The van der Waals surface area contributed by atoms with E-state index in [0.29, 0.717) is 51.0 Å². The second-order valence-electron chi connectivity index (χ2n) is 9.65. The van der Waals surface area contributed by atoms with Crippen molar-refractivity contribution in [1.29, 1.82) is 0 Å². The Hall–Kier alpha value is -2.81. The molecular weight excluding hydrogens is 466 g/mol. The zero-order chi connectivity index (χ0) is 24.0. The van der Waals surface area contributed by atoms with E-state index in [4.69, 9.17) is 11.6 Å². The Morgan fingerprint density at radius 1 is 1.15 bits per heavy atom. The van der Waals surface area contributed by atoms with Crippen molar-refractivity contribution >= 4 is 34.9 Å². The summed E-state index contributed by atoms with van der Waals surface area (Å²) in [6.07, 6.45) is 6.75. The first-order valence-corrected chi connectivity index (χ1v) is 12.0. The fourth-order valence-electron chi connectivity index (χ4n) is 5.17. The van der Waals surface area contributed by atoms with E-state index in [9.17, 15) is 23.2 Å². The molecule has 0 bridgehead atoms. The number of aromatic nitrogens is 2. The van der Waals surface area contributed by atoms with Gasteiger partial charge in [-0.05, 0) is 56.9 Å². The zero-order valence-electron chi connectivity index (χ0n) is 18.5. The summed E-state index contributed by atoms with van der Waals surface area (Å²) < 4.78 is 27.2. The number of nitrogens with one attached hydrogen (secondary N) is 2. The predicted octanol–water partition coefficient (Wildman–Crippen LogP) is 4.42. The Kier molecular flexibility index (Phi) is 5.91. The molecule has 1 spiro atoms. The molecule has 2 heterocycles. The van der Waals surface area contributed by atoms with E-state index in [1.54, 1.807) is 0 Å². The fraction of sp³-hybridized carbons (Fsp3) is 0.500. The van der Waals surface area contributed by atoms with Gasteiger partial charge in [-0.25, -0.2) is 13.8 Å². The highest BCUT2D eigenvalue weighted by Gasteiger charge is 2.49. The lowest BCUT2D eigenvalue weighted by Gasteiger charge is -2.36. The first kappa shape index (κ1) is 23.0. The summed E-state index contributed by atoms with van der Waals surface area (Å²) in [6, 6.07) is 1.71. The molecule has 10 heteroatoms. The smallest absolute Gasteiger partial charge is 0.270 e. The number of nitrogens with zero attached hydrogens (tertiary/aromatic N) is 2. The second kappa shape index (κ2) is 8.76. The molecule has 1 saturated heterocycles. The Balaban J connectivity index is 1.21. The van der Waals surface area contributed by atoms with Gasteiger partial charge in [-0.2, -0.15) is 0 Å². The highest BCUT2D eigenvalue weighted by molar-refractivity contribution is 6.34. The predicted molar refractivity (Wildman–Crippen MR) is 121 cm³/mol. The van der Waals surface area contributed by atoms with Crippen LogP contribution in [-0.4, -0.2) is 40.2 Å². The Bertz CT molecular complexity index is 1160.